The molecule has 0 N–H and O–H groups in total. The summed E-state index contributed by atoms with van der Waals surface area (Å²) in [5.74, 6) is 0. The van der Waals surface area contributed by atoms with E-state index >= 15 is 0 Å². The first-order chi connectivity index (χ1) is 22.1. The van der Waals surface area contributed by atoms with E-state index in [4.69, 9.17) is 0 Å². The molecular formula is C43H32N2. The van der Waals surface area contributed by atoms with E-state index in [0.29, 0.717) is 0 Å². The molecule has 1 aliphatic carbocycles. The molecular weight excluding hydrogens is 544 g/mol. The van der Waals surface area contributed by atoms with Gasteiger partial charge in [-0.25, -0.2) is 0 Å². The van der Waals surface area contributed by atoms with Crippen LogP contribution in [0.1, 0.15) is 25.0 Å². The molecule has 8 aromatic rings. The Bertz CT molecular complexity index is 2360. The first-order valence-electron chi connectivity index (χ1n) is 15.7. The molecule has 0 fully saturated rings. The van der Waals surface area contributed by atoms with Crippen LogP contribution in [-0.4, -0.2) is 4.57 Å². The van der Waals surface area contributed by atoms with Gasteiger partial charge in [-0.15, -0.1) is 0 Å². The molecule has 1 aliphatic rings. The van der Waals surface area contributed by atoms with Crippen molar-refractivity contribution in [3.63, 3.8) is 0 Å². The summed E-state index contributed by atoms with van der Waals surface area (Å²) in [6.45, 7) is 4.75. The number of benzene rings is 7. The van der Waals surface area contributed by atoms with Gasteiger partial charge in [0.1, 0.15) is 0 Å². The zero-order valence-electron chi connectivity index (χ0n) is 25.4. The summed E-state index contributed by atoms with van der Waals surface area (Å²) >= 11 is 0. The predicted molar refractivity (Wildman–Crippen MR) is 191 cm³/mol. The molecule has 45 heavy (non-hydrogen) atoms. The summed E-state index contributed by atoms with van der Waals surface area (Å²) in [7, 11) is 0. The van der Waals surface area contributed by atoms with E-state index in [9.17, 15) is 0 Å². The summed E-state index contributed by atoms with van der Waals surface area (Å²) in [4.78, 5) is 2.35. The van der Waals surface area contributed by atoms with Gasteiger partial charge in [0, 0.05) is 38.9 Å². The van der Waals surface area contributed by atoms with Gasteiger partial charge in [0.15, 0.2) is 0 Å². The number of para-hydroxylation sites is 3. The van der Waals surface area contributed by atoms with Crippen molar-refractivity contribution in [3.05, 3.63) is 169 Å². The second-order valence-electron chi connectivity index (χ2n) is 12.7. The van der Waals surface area contributed by atoms with Crippen molar-refractivity contribution in [1.29, 1.82) is 0 Å². The second-order valence-corrected chi connectivity index (χ2v) is 12.7. The van der Waals surface area contributed by atoms with Crippen LogP contribution in [-0.2, 0) is 5.41 Å². The van der Waals surface area contributed by atoms with Gasteiger partial charge in [-0.1, -0.05) is 105 Å². The highest BCUT2D eigenvalue weighted by Gasteiger charge is 2.36. The van der Waals surface area contributed by atoms with Crippen molar-refractivity contribution in [3.8, 4) is 16.8 Å². The molecule has 2 nitrogen and oxygen atoms in total. The largest absolute Gasteiger partial charge is 0.310 e. The van der Waals surface area contributed by atoms with Gasteiger partial charge >= 0.3 is 0 Å². The third-order valence-electron chi connectivity index (χ3n) is 9.73. The fraction of sp³-hybridized carbons (Fsp3) is 0.0698. The summed E-state index contributed by atoms with van der Waals surface area (Å²) in [5.41, 5.74) is 12.3. The van der Waals surface area contributed by atoms with Crippen molar-refractivity contribution in [2.75, 3.05) is 4.90 Å². The van der Waals surface area contributed by atoms with Crippen molar-refractivity contribution in [2.24, 2.45) is 0 Å². The molecule has 0 radical (unpaired) electrons. The monoisotopic (exact) mass is 576 g/mol. The second kappa shape index (κ2) is 9.70. The first-order valence-corrected chi connectivity index (χ1v) is 15.7. The van der Waals surface area contributed by atoms with Crippen LogP contribution in [0.25, 0.3) is 49.4 Å². The summed E-state index contributed by atoms with van der Waals surface area (Å²) in [6, 6.07) is 57.6. The van der Waals surface area contributed by atoms with Gasteiger partial charge in [-0.05, 0) is 99.8 Å². The Hall–Kier alpha value is -5.60. The number of hydrogen-bond acceptors (Lipinski definition) is 1. The molecule has 0 bridgehead atoms. The number of hydrogen-bond donors (Lipinski definition) is 0. The minimum atomic E-state index is -0.165. The Morgan fingerprint density at radius 3 is 1.73 bits per heavy atom. The van der Waals surface area contributed by atoms with Crippen LogP contribution in [0.3, 0.4) is 0 Å². The number of fused-ring (bicyclic) bond motifs is 7. The maximum absolute atomic E-state index is 2.45. The van der Waals surface area contributed by atoms with Crippen LogP contribution in [0, 0.1) is 0 Å². The molecule has 0 atom stereocenters. The lowest BCUT2D eigenvalue weighted by molar-refractivity contribution is 0.660. The number of aromatic nitrogens is 1. The minimum Gasteiger partial charge on any atom is -0.310 e. The fourth-order valence-electron chi connectivity index (χ4n) is 7.53. The molecule has 0 aliphatic heterocycles. The number of nitrogens with zero attached hydrogens (tertiary/aromatic N) is 2. The quantitative estimate of drug-likeness (QED) is 0.202. The van der Waals surface area contributed by atoms with Crippen LogP contribution in [0.4, 0.5) is 17.1 Å². The Morgan fingerprint density at radius 1 is 0.444 bits per heavy atom. The predicted octanol–water partition coefficient (Wildman–Crippen LogP) is 11.7. The zero-order valence-corrected chi connectivity index (χ0v) is 25.4. The molecule has 214 valence electrons. The van der Waals surface area contributed by atoms with E-state index in [1.54, 1.807) is 0 Å². The Morgan fingerprint density at radius 2 is 1.02 bits per heavy atom. The van der Waals surface area contributed by atoms with Crippen molar-refractivity contribution < 1.29 is 0 Å². The molecule has 2 heteroatoms. The normalized spacial score (nSPS) is 13.3. The molecule has 1 heterocycles. The smallest absolute Gasteiger partial charge is 0.0547 e. The molecule has 0 spiro atoms. The first kappa shape index (κ1) is 25.9. The minimum absolute atomic E-state index is 0.165. The molecule has 7 aromatic carbocycles. The SMILES string of the molecule is CC1(C)c2cc(N(c3ccccc3)c3ccccc3)ccc2-c2ccc(-n3c4ccccc4c4cc5ccccc5cc43)cc21. The van der Waals surface area contributed by atoms with Crippen LogP contribution < -0.4 is 4.90 Å². The van der Waals surface area contributed by atoms with Crippen LogP contribution in [0.15, 0.2) is 158 Å². The molecule has 0 saturated carbocycles. The maximum atomic E-state index is 2.45. The fourth-order valence-corrected chi connectivity index (χ4v) is 7.53. The Kier molecular flexibility index (Phi) is 5.58. The van der Waals surface area contributed by atoms with Gasteiger partial charge in [0.05, 0.1) is 11.0 Å². The van der Waals surface area contributed by atoms with Crippen LogP contribution >= 0.6 is 0 Å². The van der Waals surface area contributed by atoms with E-state index in [-0.39, 0.29) is 5.41 Å². The Balaban J connectivity index is 1.21. The lowest BCUT2D eigenvalue weighted by atomic mass is 9.82. The number of anilines is 3. The average Bonchev–Trinajstić information content (AvgIpc) is 3.52. The average molecular weight is 577 g/mol. The van der Waals surface area contributed by atoms with Crippen molar-refractivity contribution in [1.82, 2.24) is 4.57 Å². The van der Waals surface area contributed by atoms with E-state index in [1.807, 2.05) is 0 Å². The molecule has 9 rings (SSSR count). The highest BCUT2D eigenvalue weighted by atomic mass is 15.1. The number of rotatable bonds is 4. The van der Waals surface area contributed by atoms with Crippen LogP contribution in [0.2, 0.25) is 0 Å². The standard InChI is InChI=1S/C43H32N2/c1-43(2)39-27-33(44(31-15-5-3-6-16-31)32-17-7-4-8-18-32)21-23-35(39)36-24-22-34(28-40(36)43)45-41-20-12-11-19-37(41)38-25-29-13-9-10-14-30(29)26-42(38)45/h3-28H,1-2H3. The Labute approximate surface area is 263 Å². The summed E-state index contributed by atoms with van der Waals surface area (Å²) in [6.07, 6.45) is 0. The lowest BCUT2D eigenvalue weighted by Gasteiger charge is -2.28. The molecule has 0 unspecified atom stereocenters. The van der Waals surface area contributed by atoms with Crippen molar-refractivity contribution >= 4 is 49.6 Å². The zero-order chi connectivity index (χ0) is 30.1. The van der Waals surface area contributed by atoms with E-state index in [2.05, 4.69) is 181 Å². The van der Waals surface area contributed by atoms with Gasteiger partial charge < -0.3 is 9.47 Å². The molecule has 1 aromatic heterocycles. The van der Waals surface area contributed by atoms with Gasteiger partial charge in [0.25, 0.3) is 0 Å². The summed E-state index contributed by atoms with van der Waals surface area (Å²) in [5, 5.41) is 5.11. The van der Waals surface area contributed by atoms with E-state index in [1.165, 1.54) is 66.2 Å². The van der Waals surface area contributed by atoms with E-state index in [0.717, 1.165) is 11.4 Å². The van der Waals surface area contributed by atoms with Gasteiger partial charge in [-0.2, -0.15) is 0 Å². The maximum Gasteiger partial charge on any atom is 0.0547 e. The highest BCUT2D eigenvalue weighted by Crippen LogP contribution is 2.51. The highest BCUT2D eigenvalue weighted by molar-refractivity contribution is 6.13. The lowest BCUT2D eigenvalue weighted by Crippen LogP contribution is -2.17. The molecule has 0 amide bonds. The van der Waals surface area contributed by atoms with Crippen LogP contribution in [0.5, 0.6) is 0 Å². The van der Waals surface area contributed by atoms with Gasteiger partial charge in [-0.3, -0.25) is 0 Å². The van der Waals surface area contributed by atoms with E-state index < -0.39 is 0 Å². The topological polar surface area (TPSA) is 8.17 Å². The van der Waals surface area contributed by atoms with Gasteiger partial charge in [0.2, 0.25) is 0 Å². The summed E-state index contributed by atoms with van der Waals surface area (Å²) < 4.78 is 2.45. The third-order valence-corrected chi connectivity index (χ3v) is 9.73. The molecule has 0 saturated heterocycles. The van der Waals surface area contributed by atoms with Crippen molar-refractivity contribution in [2.45, 2.75) is 19.3 Å². The third kappa shape index (κ3) is 3.89.